The molecule has 0 aromatic heterocycles. The van der Waals surface area contributed by atoms with Crippen molar-refractivity contribution in [2.75, 3.05) is 57.2 Å². The number of sulfonamides is 1. The van der Waals surface area contributed by atoms with Crippen molar-refractivity contribution >= 4 is 21.6 Å². The predicted molar refractivity (Wildman–Crippen MR) is 124 cm³/mol. The van der Waals surface area contributed by atoms with Gasteiger partial charge in [0.2, 0.25) is 22.7 Å². The number of carbonyl (C=O) groups is 1. The molecule has 2 aliphatic heterocycles. The van der Waals surface area contributed by atoms with E-state index >= 15 is 0 Å². The molecular weight excluding hydrogens is 446 g/mol. The lowest BCUT2D eigenvalue weighted by atomic mass is 10.1. The molecule has 1 fully saturated rings. The van der Waals surface area contributed by atoms with Crippen LogP contribution in [0.2, 0.25) is 0 Å². The topological polar surface area (TPSA) is 88.6 Å². The minimum Gasteiger partial charge on any atom is -0.495 e. The first-order valence-electron chi connectivity index (χ1n) is 10.8. The number of amides is 1. The van der Waals surface area contributed by atoms with Crippen LogP contribution in [0.3, 0.4) is 0 Å². The summed E-state index contributed by atoms with van der Waals surface area (Å²) in [5.41, 5.74) is 2.37. The molecule has 2 aromatic rings. The number of hydrogen-bond donors (Lipinski definition) is 0. The van der Waals surface area contributed by atoms with Gasteiger partial charge in [0.25, 0.3) is 0 Å². The van der Waals surface area contributed by atoms with Crippen molar-refractivity contribution in [2.24, 2.45) is 0 Å². The van der Waals surface area contributed by atoms with E-state index in [9.17, 15) is 13.2 Å². The van der Waals surface area contributed by atoms with Crippen LogP contribution in [-0.4, -0.2) is 77.0 Å². The van der Waals surface area contributed by atoms with Gasteiger partial charge in [-0.05, 0) is 42.3 Å². The summed E-state index contributed by atoms with van der Waals surface area (Å²) >= 11 is 0. The highest BCUT2D eigenvalue weighted by Crippen LogP contribution is 2.33. The highest BCUT2D eigenvalue weighted by molar-refractivity contribution is 7.92. The van der Waals surface area contributed by atoms with Crippen molar-refractivity contribution in [1.29, 1.82) is 0 Å². The van der Waals surface area contributed by atoms with Crippen molar-refractivity contribution in [2.45, 2.75) is 13.5 Å². The highest BCUT2D eigenvalue weighted by Gasteiger charge is 2.28. The Morgan fingerprint density at radius 2 is 1.79 bits per heavy atom. The van der Waals surface area contributed by atoms with Crippen LogP contribution in [0.1, 0.15) is 11.1 Å². The molecular formula is C23H29N3O6S. The number of nitrogens with zero attached hydrogens (tertiary/aromatic N) is 3. The Hall–Kier alpha value is -2.98. The number of aryl methyl sites for hydroxylation is 1. The molecule has 178 valence electrons. The summed E-state index contributed by atoms with van der Waals surface area (Å²) in [6.07, 6.45) is 1.10. The highest BCUT2D eigenvalue weighted by atomic mass is 32.2. The second-order valence-electron chi connectivity index (χ2n) is 8.29. The molecule has 2 heterocycles. The maximum Gasteiger partial charge on any atom is 0.243 e. The Bertz CT molecular complexity index is 1130. The molecule has 0 saturated carbocycles. The lowest BCUT2D eigenvalue weighted by Crippen LogP contribution is -2.51. The first-order valence-corrected chi connectivity index (χ1v) is 12.6. The van der Waals surface area contributed by atoms with Gasteiger partial charge in [0.05, 0.1) is 19.1 Å². The van der Waals surface area contributed by atoms with Gasteiger partial charge in [-0.3, -0.25) is 14.0 Å². The van der Waals surface area contributed by atoms with Crippen LogP contribution in [-0.2, 0) is 21.4 Å². The molecule has 2 aromatic carbocycles. The molecule has 0 spiro atoms. The molecule has 4 rings (SSSR count). The van der Waals surface area contributed by atoms with E-state index in [1.807, 2.05) is 31.2 Å². The van der Waals surface area contributed by atoms with E-state index in [2.05, 4.69) is 4.90 Å². The molecule has 0 atom stereocenters. The molecule has 0 N–H and O–H groups in total. The molecule has 33 heavy (non-hydrogen) atoms. The van der Waals surface area contributed by atoms with Crippen LogP contribution in [0, 0.1) is 6.92 Å². The SMILES string of the molecule is COc1ccc(C)cc1N(CC(=O)N1CCN(Cc2ccc3c(c2)OCO3)CC1)S(C)(=O)=O. The summed E-state index contributed by atoms with van der Waals surface area (Å²) in [6, 6.07) is 11.2. The minimum atomic E-state index is -3.68. The largest absolute Gasteiger partial charge is 0.495 e. The third-order valence-electron chi connectivity index (χ3n) is 5.85. The quantitative estimate of drug-likeness (QED) is 0.604. The minimum absolute atomic E-state index is 0.230. The lowest BCUT2D eigenvalue weighted by molar-refractivity contribution is -0.131. The van der Waals surface area contributed by atoms with Crippen LogP contribution in [0.4, 0.5) is 5.69 Å². The number of hydrogen-bond acceptors (Lipinski definition) is 7. The van der Waals surface area contributed by atoms with Gasteiger partial charge in [-0.1, -0.05) is 12.1 Å². The standard InChI is InChI=1S/C23H29N3O6S/c1-17-4-6-20(30-2)19(12-17)26(33(3,28)29)15-23(27)25-10-8-24(9-11-25)14-18-5-7-21-22(13-18)32-16-31-21/h4-7,12-13H,8-11,14-16H2,1-3H3. The maximum absolute atomic E-state index is 13.0. The number of fused-ring (bicyclic) bond motifs is 1. The van der Waals surface area contributed by atoms with Gasteiger partial charge in [0, 0.05) is 32.7 Å². The van der Waals surface area contributed by atoms with Gasteiger partial charge in [0.15, 0.2) is 11.5 Å². The fourth-order valence-electron chi connectivity index (χ4n) is 4.05. The van der Waals surface area contributed by atoms with Gasteiger partial charge < -0.3 is 19.1 Å². The first kappa shape index (κ1) is 23.2. The average molecular weight is 476 g/mol. The molecule has 2 aliphatic rings. The zero-order chi connectivity index (χ0) is 23.6. The molecule has 10 heteroatoms. The van der Waals surface area contributed by atoms with E-state index in [0.717, 1.165) is 39.7 Å². The van der Waals surface area contributed by atoms with Crippen molar-refractivity contribution < 1.29 is 27.4 Å². The summed E-state index contributed by atoms with van der Waals surface area (Å²) in [5, 5.41) is 0. The molecule has 9 nitrogen and oxygen atoms in total. The van der Waals surface area contributed by atoms with Crippen LogP contribution in [0.15, 0.2) is 36.4 Å². The fourth-order valence-corrected chi connectivity index (χ4v) is 4.90. The monoisotopic (exact) mass is 475 g/mol. The maximum atomic E-state index is 13.0. The van der Waals surface area contributed by atoms with E-state index in [1.54, 1.807) is 17.0 Å². The van der Waals surface area contributed by atoms with Gasteiger partial charge in [-0.25, -0.2) is 8.42 Å². The molecule has 0 radical (unpaired) electrons. The summed E-state index contributed by atoms with van der Waals surface area (Å²) in [5.74, 6) is 1.70. The molecule has 0 aliphatic carbocycles. The predicted octanol–water partition coefficient (Wildman–Crippen LogP) is 1.84. The Balaban J connectivity index is 1.39. The molecule has 0 unspecified atom stereocenters. The van der Waals surface area contributed by atoms with Crippen molar-refractivity contribution in [1.82, 2.24) is 9.80 Å². The van der Waals surface area contributed by atoms with Crippen LogP contribution < -0.4 is 18.5 Å². The van der Waals surface area contributed by atoms with Gasteiger partial charge in [-0.15, -0.1) is 0 Å². The second-order valence-corrected chi connectivity index (χ2v) is 10.2. The van der Waals surface area contributed by atoms with E-state index in [4.69, 9.17) is 14.2 Å². The van der Waals surface area contributed by atoms with Gasteiger partial charge in [0.1, 0.15) is 12.3 Å². The van der Waals surface area contributed by atoms with Gasteiger partial charge in [-0.2, -0.15) is 0 Å². The van der Waals surface area contributed by atoms with E-state index < -0.39 is 10.0 Å². The number of methoxy groups -OCH3 is 1. The average Bonchev–Trinajstić information content (AvgIpc) is 3.25. The Kier molecular flexibility index (Phi) is 6.66. The van der Waals surface area contributed by atoms with Crippen molar-refractivity contribution in [3.8, 4) is 17.2 Å². The van der Waals surface area contributed by atoms with Crippen LogP contribution in [0.25, 0.3) is 0 Å². The number of carbonyl (C=O) groups excluding carboxylic acids is 1. The summed E-state index contributed by atoms with van der Waals surface area (Å²) in [7, 11) is -2.20. The fraction of sp³-hybridized carbons (Fsp3) is 0.435. The van der Waals surface area contributed by atoms with Crippen molar-refractivity contribution in [3.05, 3.63) is 47.5 Å². The van der Waals surface area contributed by atoms with Crippen LogP contribution >= 0.6 is 0 Å². The normalized spacial score (nSPS) is 16.0. The van der Waals surface area contributed by atoms with Crippen molar-refractivity contribution in [3.63, 3.8) is 0 Å². The molecule has 0 bridgehead atoms. The number of ether oxygens (including phenoxy) is 3. The Morgan fingerprint density at radius 1 is 1.06 bits per heavy atom. The zero-order valence-corrected chi connectivity index (χ0v) is 19.9. The number of piperazine rings is 1. The van der Waals surface area contributed by atoms with E-state index in [-0.39, 0.29) is 19.2 Å². The Morgan fingerprint density at radius 3 is 2.48 bits per heavy atom. The van der Waals surface area contributed by atoms with E-state index in [1.165, 1.54) is 7.11 Å². The lowest BCUT2D eigenvalue weighted by Gasteiger charge is -2.36. The number of rotatable bonds is 7. The summed E-state index contributed by atoms with van der Waals surface area (Å²) < 4.78 is 42.4. The second kappa shape index (κ2) is 9.48. The summed E-state index contributed by atoms with van der Waals surface area (Å²) in [4.78, 5) is 17.0. The Labute approximate surface area is 194 Å². The number of benzene rings is 2. The zero-order valence-electron chi connectivity index (χ0n) is 19.1. The van der Waals surface area contributed by atoms with Gasteiger partial charge >= 0.3 is 0 Å². The number of anilines is 1. The third kappa shape index (κ3) is 5.33. The van der Waals surface area contributed by atoms with Crippen LogP contribution in [0.5, 0.6) is 17.2 Å². The molecule has 1 saturated heterocycles. The van der Waals surface area contributed by atoms with E-state index in [0.29, 0.717) is 37.6 Å². The summed E-state index contributed by atoms with van der Waals surface area (Å²) in [6.45, 7) is 5.07. The first-order chi connectivity index (χ1) is 15.7. The smallest absolute Gasteiger partial charge is 0.243 e. The molecule has 1 amide bonds. The third-order valence-corrected chi connectivity index (χ3v) is 6.98.